The molecule has 0 bridgehead atoms. The van der Waals surface area contributed by atoms with Crippen molar-refractivity contribution in [3.63, 3.8) is 0 Å². The molecule has 86 valence electrons. The van der Waals surface area contributed by atoms with Crippen molar-refractivity contribution in [1.29, 1.82) is 0 Å². The molecule has 1 unspecified atom stereocenters. The molecule has 0 aromatic carbocycles. The average molecular weight is 229 g/mol. The largest absolute Gasteiger partial charge is 0.332 e. The highest BCUT2D eigenvalue weighted by atomic mass is 32.2. The van der Waals surface area contributed by atoms with Gasteiger partial charge in [-0.2, -0.15) is 0 Å². The molecule has 4 nitrogen and oxygen atoms in total. The molecule has 0 saturated heterocycles. The van der Waals surface area contributed by atoms with Gasteiger partial charge in [0.25, 0.3) is 0 Å². The maximum atomic E-state index is 11.3. The van der Waals surface area contributed by atoms with E-state index in [-0.39, 0.29) is 0 Å². The fourth-order valence-corrected chi connectivity index (χ4v) is 2.07. The Kier molecular flexibility index (Phi) is 4.04. The molecule has 0 aliphatic carbocycles. The van der Waals surface area contributed by atoms with Crippen LogP contribution in [0, 0.1) is 0 Å². The number of hydrogen-bond acceptors (Lipinski definition) is 3. The molecule has 15 heavy (non-hydrogen) atoms. The zero-order valence-corrected chi connectivity index (χ0v) is 10.4. The van der Waals surface area contributed by atoms with Crippen molar-refractivity contribution < 1.29 is 4.21 Å². The second-order valence-electron chi connectivity index (χ2n) is 4.13. The van der Waals surface area contributed by atoms with Crippen LogP contribution in [0.25, 0.3) is 0 Å². The van der Waals surface area contributed by atoms with E-state index in [2.05, 4.69) is 4.98 Å². The highest BCUT2D eigenvalue weighted by Gasteiger charge is 2.18. The number of aryl methyl sites for hydroxylation is 1. The number of hydrogen-bond donors (Lipinski definition) is 1. The van der Waals surface area contributed by atoms with E-state index < -0.39 is 16.3 Å². The smallest absolute Gasteiger partial charge is 0.0949 e. The lowest BCUT2D eigenvalue weighted by atomic mass is 10.0. The quantitative estimate of drug-likeness (QED) is 0.814. The summed E-state index contributed by atoms with van der Waals surface area (Å²) < 4.78 is 13.3. The van der Waals surface area contributed by atoms with Gasteiger partial charge >= 0.3 is 0 Å². The minimum Gasteiger partial charge on any atom is -0.332 e. The Morgan fingerprint density at radius 2 is 2.27 bits per heavy atom. The fourth-order valence-electron chi connectivity index (χ4n) is 1.38. The van der Waals surface area contributed by atoms with Gasteiger partial charge in [-0.05, 0) is 13.8 Å². The topological polar surface area (TPSA) is 60.9 Å². The van der Waals surface area contributed by atoms with Crippen LogP contribution in [0.5, 0.6) is 0 Å². The van der Waals surface area contributed by atoms with E-state index in [1.54, 1.807) is 12.5 Å². The standard InChI is InChI=1S/C10H19N3OS/c1-4-15(14)6-5-13-8-12-7-9(13)10(2,3)11/h7-8H,4-6,11H2,1-3H3. The Bertz CT molecular complexity index is 341. The highest BCUT2D eigenvalue weighted by Crippen LogP contribution is 2.15. The highest BCUT2D eigenvalue weighted by molar-refractivity contribution is 7.84. The van der Waals surface area contributed by atoms with Crippen LogP contribution in [0.4, 0.5) is 0 Å². The van der Waals surface area contributed by atoms with Gasteiger partial charge in [0.2, 0.25) is 0 Å². The molecule has 0 radical (unpaired) electrons. The number of rotatable bonds is 5. The van der Waals surface area contributed by atoms with Gasteiger partial charge < -0.3 is 10.3 Å². The van der Waals surface area contributed by atoms with E-state index in [1.165, 1.54) is 0 Å². The van der Waals surface area contributed by atoms with Crippen LogP contribution in [0.1, 0.15) is 26.5 Å². The normalized spacial score (nSPS) is 14.1. The Morgan fingerprint density at radius 1 is 1.60 bits per heavy atom. The average Bonchev–Trinajstić information content (AvgIpc) is 2.61. The Balaban J connectivity index is 2.70. The Hall–Kier alpha value is -0.680. The SMILES string of the molecule is CCS(=O)CCn1cncc1C(C)(C)N. The second kappa shape index (κ2) is 4.90. The molecule has 1 heterocycles. The van der Waals surface area contributed by atoms with E-state index in [9.17, 15) is 4.21 Å². The van der Waals surface area contributed by atoms with Crippen molar-refractivity contribution in [3.8, 4) is 0 Å². The van der Waals surface area contributed by atoms with Crippen LogP contribution in [-0.4, -0.2) is 25.3 Å². The molecule has 0 aliphatic rings. The van der Waals surface area contributed by atoms with Crippen molar-refractivity contribution >= 4 is 10.8 Å². The van der Waals surface area contributed by atoms with Gasteiger partial charge in [-0.3, -0.25) is 4.21 Å². The Labute approximate surface area is 93.3 Å². The summed E-state index contributed by atoms with van der Waals surface area (Å²) in [5.74, 6) is 1.37. The summed E-state index contributed by atoms with van der Waals surface area (Å²) in [5.41, 5.74) is 6.59. The number of nitrogens with zero attached hydrogens (tertiary/aromatic N) is 2. The zero-order chi connectivity index (χ0) is 11.5. The lowest BCUT2D eigenvalue weighted by Crippen LogP contribution is -2.32. The molecule has 5 heteroatoms. The monoisotopic (exact) mass is 229 g/mol. The van der Waals surface area contributed by atoms with Gasteiger partial charge in [-0.1, -0.05) is 6.92 Å². The summed E-state index contributed by atoms with van der Waals surface area (Å²) in [6.07, 6.45) is 3.52. The van der Waals surface area contributed by atoms with Crippen LogP contribution in [0.15, 0.2) is 12.5 Å². The summed E-state index contributed by atoms with van der Waals surface area (Å²) in [7, 11) is -0.736. The lowest BCUT2D eigenvalue weighted by Gasteiger charge is -2.20. The molecule has 1 rings (SSSR count). The summed E-state index contributed by atoms with van der Waals surface area (Å²) >= 11 is 0. The van der Waals surface area contributed by atoms with Gasteiger partial charge in [0.15, 0.2) is 0 Å². The lowest BCUT2D eigenvalue weighted by molar-refractivity contribution is 0.499. The summed E-state index contributed by atoms with van der Waals surface area (Å²) in [4.78, 5) is 4.08. The first kappa shape index (κ1) is 12.4. The van der Waals surface area contributed by atoms with Crippen LogP contribution in [0.3, 0.4) is 0 Å². The van der Waals surface area contributed by atoms with E-state index in [1.807, 2.05) is 25.3 Å². The first-order valence-corrected chi connectivity index (χ1v) is 6.58. The summed E-state index contributed by atoms with van der Waals surface area (Å²) in [6.45, 7) is 6.53. The first-order chi connectivity index (χ1) is 6.95. The molecule has 2 N–H and O–H groups in total. The molecule has 1 atom stereocenters. The predicted molar refractivity (Wildman–Crippen MR) is 63.0 cm³/mol. The van der Waals surface area contributed by atoms with Crippen molar-refractivity contribution in [2.24, 2.45) is 5.73 Å². The summed E-state index contributed by atoms with van der Waals surface area (Å²) in [5, 5.41) is 0. The van der Waals surface area contributed by atoms with Crippen LogP contribution < -0.4 is 5.73 Å². The molecule has 0 saturated carbocycles. The van der Waals surface area contributed by atoms with E-state index in [0.717, 1.165) is 12.2 Å². The minimum absolute atomic E-state index is 0.399. The van der Waals surface area contributed by atoms with E-state index >= 15 is 0 Å². The van der Waals surface area contributed by atoms with Gasteiger partial charge in [0.1, 0.15) is 0 Å². The van der Waals surface area contributed by atoms with Crippen LogP contribution >= 0.6 is 0 Å². The zero-order valence-electron chi connectivity index (χ0n) is 9.56. The number of imidazole rings is 1. The van der Waals surface area contributed by atoms with Gasteiger partial charge in [-0.15, -0.1) is 0 Å². The molecular formula is C10H19N3OS. The van der Waals surface area contributed by atoms with Crippen LogP contribution in [0.2, 0.25) is 0 Å². The van der Waals surface area contributed by atoms with E-state index in [0.29, 0.717) is 11.5 Å². The third kappa shape index (κ3) is 3.43. The maximum Gasteiger partial charge on any atom is 0.0949 e. The van der Waals surface area contributed by atoms with Crippen LogP contribution in [-0.2, 0) is 22.9 Å². The molecular weight excluding hydrogens is 210 g/mol. The maximum absolute atomic E-state index is 11.3. The third-order valence-electron chi connectivity index (χ3n) is 2.25. The molecule has 0 aliphatic heterocycles. The molecule has 0 fully saturated rings. The number of nitrogens with two attached hydrogens (primary N) is 1. The third-order valence-corrected chi connectivity index (χ3v) is 3.54. The molecule has 1 aromatic rings. The first-order valence-electron chi connectivity index (χ1n) is 5.09. The minimum atomic E-state index is -0.736. The van der Waals surface area contributed by atoms with Crippen molar-refractivity contribution in [2.75, 3.05) is 11.5 Å². The molecule has 1 aromatic heterocycles. The summed E-state index contributed by atoms with van der Waals surface area (Å²) in [6, 6.07) is 0. The van der Waals surface area contributed by atoms with Crippen molar-refractivity contribution in [3.05, 3.63) is 18.2 Å². The van der Waals surface area contributed by atoms with Gasteiger partial charge in [-0.25, -0.2) is 4.98 Å². The van der Waals surface area contributed by atoms with Crippen molar-refractivity contribution in [1.82, 2.24) is 9.55 Å². The molecule has 0 amide bonds. The predicted octanol–water partition coefficient (Wildman–Crippen LogP) is 0.846. The van der Waals surface area contributed by atoms with Gasteiger partial charge in [0.05, 0.1) is 17.6 Å². The fraction of sp³-hybridized carbons (Fsp3) is 0.700. The Morgan fingerprint density at radius 3 is 2.80 bits per heavy atom. The van der Waals surface area contributed by atoms with Crippen molar-refractivity contribution in [2.45, 2.75) is 32.9 Å². The van der Waals surface area contributed by atoms with E-state index in [4.69, 9.17) is 5.73 Å². The van der Waals surface area contributed by atoms with Gasteiger partial charge in [0, 0.05) is 35.0 Å². The second-order valence-corrected chi connectivity index (χ2v) is 5.99. The number of aromatic nitrogens is 2. The molecule has 0 spiro atoms.